The fourth-order valence-corrected chi connectivity index (χ4v) is 4.42. The first-order valence-corrected chi connectivity index (χ1v) is 13.1. The lowest BCUT2D eigenvalue weighted by Crippen LogP contribution is -2.19. The lowest BCUT2D eigenvalue weighted by atomic mass is 10.1. The van der Waals surface area contributed by atoms with Gasteiger partial charge in [-0.05, 0) is 54.8 Å². The van der Waals surface area contributed by atoms with E-state index in [2.05, 4.69) is 40.7 Å². The predicted octanol–water partition coefficient (Wildman–Crippen LogP) is 4.29. The molecule has 0 bridgehead atoms. The maximum atomic E-state index is 12.8. The molecule has 0 spiro atoms. The average molecular weight is 570 g/mol. The van der Waals surface area contributed by atoms with E-state index >= 15 is 0 Å². The van der Waals surface area contributed by atoms with Crippen LogP contribution < -0.4 is 15.4 Å². The highest BCUT2D eigenvalue weighted by molar-refractivity contribution is 5.93. The summed E-state index contributed by atoms with van der Waals surface area (Å²) in [6, 6.07) is 8.67. The number of halogens is 3. The number of unbranched alkanes of at least 4 members (excludes halogenated alkanes) is 1. The van der Waals surface area contributed by atoms with Crippen LogP contribution in [0.15, 0.2) is 67.9 Å². The lowest BCUT2D eigenvalue weighted by Gasteiger charge is -2.14. The molecule has 5 rings (SSSR count). The van der Waals surface area contributed by atoms with Crippen molar-refractivity contribution in [3.8, 4) is 11.4 Å². The smallest absolute Gasteiger partial charge is 0.406 e. The van der Waals surface area contributed by atoms with Crippen molar-refractivity contribution in [3.63, 3.8) is 0 Å². The number of fused-ring (bicyclic) bond motifs is 1. The molecule has 0 atom stereocenters. The molecule has 0 saturated heterocycles. The molecule has 0 fully saturated rings. The van der Waals surface area contributed by atoms with Gasteiger partial charge in [-0.3, -0.25) is 9.67 Å². The van der Waals surface area contributed by atoms with Crippen molar-refractivity contribution in [3.05, 3.63) is 79.0 Å². The van der Waals surface area contributed by atoms with Gasteiger partial charge in [-0.15, -0.1) is 23.4 Å². The number of hydrogen-bond acceptors (Lipinski definition) is 8. The number of ether oxygens (including phenoxy) is 2. The molecule has 0 amide bonds. The Morgan fingerprint density at radius 2 is 1.78 bits per heavy atom. The number of anilines is 1. The van der Waals surface area contributed by atoms with Crippen molar-refractivity contribution >= 4 is 16.6 Å². The van der Waals surface area contributed by atoms with Crippen LogP contribution in [0, 0.1) is 0 Å². The van der Waals surface area contributed by atoms with Gasteiger partial charge in [0.1, 0.15) is 18.4 Å². The molecule has 5 aromatic rings. The molecule has 0 aliphatic carbocycles. The summed E-state index contributed by atoms with van der Waals surface area (Å²) in [6.45, 7) is 3.30. The highest BCUT2D eigenvalue weighted by atomic mass is 19.4. The second-order valence-electron chi connectivity index (χ2n) is 9.38. The molecule has 41 heavy (non-hydrogen) atoms. The average Bonchev–Trinajstić information content (AvgIpc) is 3.71. The van der Waals surface area contributed by atoms with Gasteiger partial charge in [-0.2, -0.15) is 5.10 Å². The Morgan fingerprint density at radius 3 is 2.59 bits per heavy atom. The number of H-pyrrole nitrogens is 1. The zero-order chi connectivity index (χ0) is 28.5. The van der Waals surface area contributed by atoms with E-state index in [0.29, 0.717) is 50.5 Å². The van der Waals surface area contributed by atoms with Crippen molar-refractivity contribution in [2.24, 2.45) is 0 Å². The quantitative estimate of drug-likeness (QED) is 0.160. The minimum atomic E-state index is -4.75. The van der Waals surface area contributed by atoms with Crippen LogP contribution >= 0.6 is 0 Å². The Labute approximate surface area is 233 Å². The number of benzene rings is 2. The Kier molecular flexibility index (Phi) is 9.11. The zero-order valence-electron chi connectivity index (χ0n) is 22.1. The van der Waals surface area contributed by atoms with E-state index in [1.807, 2.05) is 22.8 Å². The van der Waals surface area contributed by atoms with Crippen molar-refractivity contribution in [1.29, 1.82) is 0 Å². The van der Waals surface area contributed by atoms with E-state index in [9.17, 15) is 13.2 Å². The van der Waals surface area contributed by atoms with Crippen LogP contribution in [0.4, 0.5) is 18.9 Å². The van der Waals surface area contributed by atoms with Crippen LogP contribution in [-0.2, 0) is 17.8 Å². The molecular formula is C27H30F3N9O2. The second-order valence-corrected chi connectivity index (χ2v) is 9.38. The number of alkyl halides is 3. The number of hydrogen-bond donors (Lipinski definition) is 3. The van der Waals surface area contributed by atoms with Gasteiger partial charge in [0.05, 0.1) is 30.3 Å². The van der Waals surface area contributed by atoms with Crippen LogP contribution in [0.2, 0.25) is 0 Å². The number of aromatic nitrogens is 7. The van der Waals surface area contributed by atoms with E-state index < -0.39 is 6.36 Å². The van der Waals surface area contributed by atoms with Gasteiger partial charge >= 0.3 is 6.36 Å². The second kappa shape index (κ2) is 13.3. The zero-order valence-corrected chi connectivity index (χ0v) is 22.1. The van der Waals surface area contributed by atoms with E-state index in [-0.39, 0.29) is 5.75 Å². The van der Waals surface area contributed by atoms with Crippen molar-refractivity contribution in [1.82, 2.24) is 39.8 Å². The van der Waals surface area contributed by atoms with E-state index in [1.54, 1.807) is 42.1 Å². The molecule has 11 nitrogen and oxygen atoms in total. The third kappa shape index (κ3) is 8.28. The van der Waals surface area contributed by atoms with Crippen molar-refractivity contribution < 1.29 is 22.6 Å². The van der Waals surface area contributed by atoms with Crippen LogP contribution in [0.1, 0.15) is 24.0 Å². The van der Waals surface area contributed by atoms with Gasteiger partial charge in [0.15, 0.2) is 0 Å². The molecule has 3 N–H and O–H groups in total. The predicted molar refractivity (Wildman–Crippen MR) is 146 cm³/mol. The normalized spacial score (nSPS) is 11.8. The summed E-state index contributed by atoms with van der Waals surface area (Å²) in [5, 5.41) is 22.5. The van der Waals surface area contributed by atoms with Gasteiger partial charge in [0.2, 0.25) is 0 Å². The van der Waals surface area contributed by atoms with Crippen LogP contribution in [0.5, 0.6) is 5.75 Å². The molecule has 0 aliphatic heterocycles. The lowest BCUT2D eigenvalue weighted by molar-refractivity contribution is -0.274. The summed E-state index contributed by atoms with van der Waals surface area (Å²) >= 11 is 0. The largest absolute Gasteiger partial charge is 0.573 e. The SMILES string of the molecule is FC(F)(F)Oc1cc(CNCCCCOCCNc2cc(-n3cnnc3)cc3[nH]ncc23)cc(Cn2ccnc2)c1. The fraction of sp³-hybridized carbons (Fsp3) is 0.333. The summed E-state index contributed by atoms with van der Waals surface area (Å²) < 4.78 is 52.0. The Morgan fingerprint density at radius 1 is 0.927 bits per heavy atom. The third-order valence-corrected chi connectivity index (χ3v) is 6.23. The fourth-order valence-electron chi connectivity index (χ4n) is 4.42. The summed E-state index contributed by atoms with van der Waals surface area (Å²) in [4.78, 5) is 3.98. The molecule has 3 heterocycles. The number of aromatic amines is 1. The number of nitrogens with one attached hydrogen (secondary N) is 3. The maximum Gasteiger partial charge on any atom is 0.573 e. The number of rotatable bonds is 15. The molecule has 2 aromatic carbocycles. The van der Waals surface area contributed by atoms with Crippen molar-refractivity contribution in [2.75, 3.05) is 31.6 Å². The minimum absolute atomic E-state index is 0.229. The minimum Gasteiger partial charge on any atom is -0.406 e. The molecule has 216 valence electrons. The Balaban J connectivity index is 1.01. The first-order chi connectivity index (χ1) is 19.9. The highest BCUT2D eigenvalue weighted by Crippen LogP contribution is 2.27. The molecular weight excluding hydrogens is 539 g/mol. The van der Waals surface area contributed by atoms with Crippen LogP contribution in [-0.4, -0.2) is 67.2 Å². The maximum absolute atomic E-state index is 12.8. The monoisotopic (exact) mass is 569 g/mol. The molecule has 0 unspecified atom stereocenters. The standard InChI is InChI=1S/C27H30F3N9O2/c28-27(29,30)41-23-10-20(9-21(11-23)16-38-6-4-32-17-38)14-31-3-1-2-7-40-8-5-33-25-12-22(39-18-35-36-19-39)13-26-24(25)15-34-37-26/h4,6,9-13,15,17-19,31,33H,1-3,5,7-8,14,16H2,(H,34,37). The topological polar surface area (TPSA) is 120 Å². The molecule has 14 heteroatoms. The summed E-state index contributed by atoms with van der Waals surface area (Å²) in [5.74, 6) is -0.229. The molecule has 0 saturated carbocycles. The number of nitrogens with zero attached hydrogens (tertiary/aromatic N) is 6. The number of imidazole rings is 1. The van der Waals surface area contributed by atoms with Gasteiger partial charge in [0, 0.05) is 49.7 Å². The molecule has 0 radical (unpaired) electrons. The van der Waals surface area contributed by atoms with Gasteiger partial charge < -0.3 is 24.7 Å². The van der Waals surface area contributed by atoms with Crippen LogP contribution in [0.3, 0.4) is 0 Å². The van der Waals surface area contributed by atoms with Gasteiger partial charge in [0.25, 0.3) is 0 Å². The Bertz CT molecular complexity index is 1500. The highest BCUT2D eigenvalue weighted by Gasteiger charge is 2.31. The van der Waals surface area contributed by atoms with Gasteiger partial charge in [-0.25, -0.2) is 4.98 Å². The first kappa shape index (κ1) is 28.1. The molecule has 3 aromatic heterocycles. The summed E-state index contributed by atoms with van der Waals surface area (Å²) in [6.07, 6.45) is 7.02. The molecule has 0 aliphatic rings. The third-order valence-electron chi connectivity index (χ3n) is 6.23. The van der Waals surface area contributed by atoms with Gasteiger partial charge in [-0.1, -0.05) is 6.07 Å². The summed E-state index contributed by atoms with van der Waals surface area (Å²) in [5.41, 5.74) is 4.16. The first-order valence-electron chi connectivity index (χ1n) is 13.1. The van der Waals surface area contributed by atoms with E-state index in [4.69, 9.17) is 4.74 Å². The van der Waals surface area contributed by atoms with E-state index in [0.717, 1.165) is 35.1 Å². The Hall–Kier alpha value is -4.43. The summed E-state index contributed by atoms with van der Waals surface area (Å²) in [7, 11) is 0. The van der Waals surface area contributed by atoms with Crippen LogP contribution in [0.25, 0.3) is 16.6 Å². The van der Waals surface area contributed by atoms with Crippen molar-refractivity contribution in [2.45, 2.75) is 32.3 Å². The van der Waals surface area contributed by atoms with E-state index in [1.165, 1.54) is 12.1 Å².